The number of ether oxygens (including phenoxy) is 4. The molecule has 12 nitrogen and oxygen atoms in total. The van der Waals surface area contributed by atoms with Gasteiger partial charge < -0.3 is 38.6 Å². The molecule has 3 rings (SSSR count). The Hall–Kier alpha value is -4.74. The maximum Gasteiger partial charge on any atom is 0.307 e. The molecule has 42 heavy (non-hydrogen) atoms. The van der Waals surface area contributed by atoms with E-state index in [2.05, 4.69) is 17.1 Å². The standard InChI is InChI=1S/C27H37N6O4.C3H6O2/c1-10-25-32(28-17-19-13-21(34-6)26(30(2)3)22(14-19)35-7)11-12-33(25)29-18-20-15-23(36-8)27(31(4)5)24(16-20)37-9;1-2-3(4)5/h11-18H,10H2,1-9H3;2H2,1H3,(H,4,5)/q+1;/p-1/b28-17+,29-18+;. The van der Waals surface area contributed by atoms with Crippen LogP contribution < -0.4 is 38.5 Å². The molecule has 0 fully saturated rings. The highest BCUT2D eigenvalue weighted by atomic mass is 16.5. The third-order valence-corrected chi connectivity index (χ3v) is 6.04. The first-order valence-corrected chi connectivity index (χ1v) is 13.3. The minimum atomic E-state index is -0.995. The molecule has 0 aliphatic rings. The van der Waals surface area contributed by atoms with Gasteiger partial charge in [0.2, 0.25) is 0 Å². The fraction of sp³-hybridized carbons (Fsp3) is 0.400. The van der Waals surface area contributed by atoms with E-state index in [1.54, 1.807) is 50.2 Å². The molecule has 2 aromatic carbocycles. The van der Waals surface area contributed by atoms with E-state index < -0.39 is 5.97 Å². The van der Waals surface area contributed by atoms with Gasteiger partial charge in [-0.3, -0.25) is 0 Å². The van der Waals surface area contributed by atoms with Crippen LogP contribution in [0.5, 0.6) is 23.0 Å². The lowest BCUT2D eigenvalue weighted by atomic mass is 10.1. The zero-order chi connectivity index (χ0) is 31.4. The Morgan fingerprint density at radius 1 is 0.833 bits per heavy atom. The molecule has 0 bridgehead atoms. The fourth-order valence-corrected chi connectivity index (χ4v) is 4.05. The molecule has 12 heteroatoms. The van der Waals surface area contributed by atoms with E-state index in [0.29, 0.717) is 23.0 Å². The highest BCUT2D eigenvalue weighted by Crippen LogP contribution is 2.38. The smallest absolute Gasteiger partial charge is 0.307 e. The van der Waals surface area contributed by atoms with Crippen molar-refractivity contribution in [2.75, 3.05) is 66.4 Å². The van der Waals surface area contributed by atoms with Crippen LogP contribution in [0.15, 0.2) is 46.9 Å². The number of imidazole rings is 1. The number of benzene rings is 2. The first kappa shape index (κ1) is 33.5. The normalized spacial score (nSPS) is 10.8. The Kier molecular flexibility index (Phi) is 12.7. The van der Waals surface area contributed by atoms with Crippen LogP contribution in [0.25, 0.3) is 0 Å². The Bertz CT molecular complexity index is 1250. The van der Waals surface area contributed by atoms with E-state index >= 15 is 0 Å². The largest absolute Gasteiger partial charge is 0.550 e. The van der Waals surface area contributed by atoms with Crippen molar-refractivity contribution in [1.82, 2.24) is 4.68 Å². The second-order valence-electron chi connectivity index (χ2n) is 9.31. The molecule has 228 valence electrons. The topological polar surface area (TPSA) is 117 Å². The summed E-state index contributed by atoms with van der Waals surface area (Å²) in [6, 6.07) is 7.73. The minimum absolute atomic E-state index is 0.111. The molecule has 0 amide bonds. The van der Waals surface area contributed by atoms with E-state index in [1.165, 1.54) is 6.92 Å². The number of nitrogens with zero attached hydrogens (tertiary/aromatic N) is 6. The number of carboxylic acid groups (broad SMARTS) is 1. The van der Waals surface area contributed by atoms with Crippen molar-refractivity contribution < 1.29 is 33.5 Å². The summed E-state index contributed by atoms with van der Waals surface area (Å²) >= 11 is 0. The molecule has 0 N–H and O–H groups in total. The first-order chi connectivity index (χ1) is 20.0. The molecule has 1 heterocycles. The summed E-state index contributed by atoms with van der Waals surface area (Å²) in [5.74, 6) is 2.74. The van der Waals surface area contributed by atoms with Crippen molar-refractivity contribution >= 4 is 29.8 Å². The van der Waals surface area contributed by atoms with Crippen LogP contribution in [0.2, 0.25) is 0 Å². The molecule has 0 saturated carbocycles. The number of hydrogen-bond acceptors (Lipinski definition) is 10. The maximum atomic E-state index is 9.26. The molecule has 1 aromatic heterocycles. The number of aromatic nitrogens is 2. The quantitative estimate of drug-likeness (QED) is 0.236. The van der Waals surface area contributed by atoms with Gasteiger partial charge in [0.1, 0.15) is 34.4 Å². The van der Waals surface area contributed by atoms with Crippen molar-refractivity contribution in [3.05, 3.63) is 53.6 Å². The summed E-state index contributed by atoms with van der Waals surface area (Å²) in [7, 11) is 14.4. The van der Waals surface area contributed by atoms with Crippen molar-refractivity contribution in [1.29, 1.82) is 0 Å². The van der Waals surface area contributed by atoms with Gasteiger partial charge in [-0.25, -0.2) is 0 Å². The van der Waals surface area contributed by atoms with Gasteiger partial charge in [0.05, 0.1) is 47.3 Å². The lowest BCUT2D eigenvalue weighted by Crippen LogP contribution is -2.31. The summed E-state index contributed by atoms with van der Waals surface area (Å²) in [4.78, 5) is 13.2. The molecule has 0 aliphatic carbocycles. The second kappa shape index (κ2) is 15.9. The lowest BCUT2D eigenvalue weighted by molar-refractivity contribution is -0.685. The van der Waals surface area contributed by atoms with Gasteiger partial charge in [-0.2, -0.15) is 0 Å². The van der Waals surface area contributed by atoms with Gasteiger partial charge in [0.25, 0.3) is 0 Å². The molecule has 3 aromatic rings. The van der Waals surface area contributed by atoms with Gasteiger partial charge in [0.15, 0.2) is 12.4 Å². The van der Waals surface area contributed by atoms with Crippen LogP contribution in [0, 0.1) is 0 Å². The van der Waals surface area contributed by atoms with E-state index in [4.69, 9.17) is 18.9 Å². The number of carbonyl (C=O) groups is 1. The van der Waals surface area contributed by atoms with E-state index in [1.807, 2.05) is 74.6 Å². The minimum Gasteiger partial charge on any atom is -0.550 e. The summed E-state index contributed by atoms with van der Waals surface area (Å²) in [6.45, 7) is 3.60. The van der Waals surface area contributed by atoms with Crippen LogP contribution >= 0.6 is 0 Å². The molecule has 0 atom stereocenters. The van der Waals surface area contributed by atoms with Crippen molar-refractivity contribution in [3.8, 4) is 23.0 Å². The van der Waals surface area contributed by atoms with Gasteiger partial charge >= 0.3 is 5.82 Å². The zero-order valence-corrected chi connectivity index (χ0v) is 26.2. The number of carbonyl (C=O) groups excluding carboxylic acids is 1. The number of carboxylic acids is 1. The van der Waals surface area contributed by atoms with Crippen LogP contribution in [0.1, 0.15) is 37.2 Å². The predicted octanol–water partition coefficient (Wildman–Crippen LogP) is 2.42. The van der Waals surface area contributed by atoms with Crippen LogP contribution in [0.3, 0.4) is 0 Å². The number of rotatable bonds is 12. The van der Waals surface area contributed by atoms with E-state index in [-0.39, 0.29) is 6.42 Å². The van der Waals surface area contributed by atoms with Crippen molar-refractivity contribution in [2.45, 2.75) is 26.7 Å². The molecule has 0 aliphatic heterocycles. The number of anilines is 2. The lowest BCUT2D eigenvalue weighted by Gasteiger charge is -2.20. The Morgan fingerprint density at radius 2 is 1.24 bits per heavy atom. The Labute approximate surface area is 248 Å². The Morgan fingerprint density at radius 3 is 1.57 bits per heavy atom. The summed E-state index contributed by atoms with van der Waals surface area (Å²) in [5, 5.41) is 18.6. The monoisotopic (exact) mass is 582 g/mol. The van der Waals surface area contributed by atoms with Crippen LogP contribution in [-0.4, -0.2) is 79.7 Å². The summed E-state index contributed by atoms with van der Waals surface area (Å²) < 4.78 is 25.9. The van der Waals surface area contributed by atoms with Crippen molar-refractivity contribution in [2.24, 2.45) is 10.2 Å². The molecule has 0 unspecified atom stereocenters. The van der Waals surface area contributed by atoms with Gasteiger partial charge in [-0.05, 0) is 30.7 Å². The highest BCUT2D eigenvalue weighted by Gasteiger charge is 2.18. The fourth-order valence-electron chi connectivity index (χ4n) is 4.05. The molecular formula is C30H42N6O6. The van der Waals surface area contributed by atoms with Crippen LogP contribution in [-0.2, 0) is 11.2 Å². The average molecular weight is 583 g/mol. The van der Waals surface area contributed by atoms with Crippen LogP contribution in [0.4, 0.5) is 11.4 Å². The first-order valence-electron chi connectivity index (χ1n) is 13.3. The highest BCUT2D eigenvalue weighted by molar-refractivity contribution is 5.85. The SMILES string of the molecule is CCC(=O)[O-].CCc1n(/N=C/c2cc(OC)c(N(C)C)c(OC)c2)cc[n+]1/N=C/c1cc(OC)c(N(C)C)c(OC)c1. The van der Waals surface area contributed by atoms with Gasteiger partial charge in [-0.1, -0.05) is 24.1 Å². The predicted molar refractivity (Wildman–Crippen MR) is 163 cm³/mol. The molecule has 0 radical (unpaired) electrons. The summed E-state index contributed by atoms with van der Waals surface area (Å²) in [5.41, 5.74) is 3.45. The average Bonchev–Trinajstić information content (AvgIpc) is 3.39. The number of methoxy groups -OCH3 is 4. The van der Waals surface area contributed by atoms with Gasteiger partial charge in [-0.15, -0.1) is 9.35 Å². The zero-order valence-electron chi connectivity index (χ0n) is 26.2. The summed E-state index contributed by atoms with van der Waals surface area (Å²) in [6.07, 6.45) is 8.11. The van der Waals surface area contributed by atoms with E-state index in [9.17, 15) is 9.90 Å². The third-order valence-electron chi connectivity index (χ3n) is 6.04. The molecular weight excluding hydrogens is 540 g/mol. The number of aliphatic carboxylic acids is 1. The Balaban J connectivity index is 0.00000113. The van der Waals surface area contributed by atoms with Crippen molar-refractivity contribution in [3.63, 3.8) is 0 Å². The van der Waals surface area contributed by atoms with E-state index in [0.717, 1.165) is 34.7 Å². The number of hydrogen-bond donors (Lipinski definition) is 0. The second-order valence-corrected chi connectivity index (χ2v) is 9.31. The molecule has 0 spiro atoms. The third kappa shape index (κ3) is 8.38. The molecule has 0 saturated heterocycles. The van der Waals surface area contributed by atoms with Gasteiger partial charge in [0, 0.05) is 45.3 Å². The maximum absolute atomic E-state index is 9.26.